The number of hydrogen-bond acceptors (Lipinski definition) is 2. The van der Waals surface area contributed by atoms with Crippen molar-refractivity contribution in [2.45, 2.75) is 20.3 Å². The fourth-order valence-electron chi connectivity index (χ4n) is 0.772. The van der Waals surface area contributed by atoms with E-state index in [0.717, 1.165) is 14.8 Å². The van der Waals surface area contributed by atoms with Gasteiger partial charge in [0.25, 0.3) is 0 Å². The second-order valence-electron chi connectivity index (χ2n) is 2.34. The SMILES string of the molecule is CCC(=O)c1cc(C)c(Cl)s1. The summed E-state index contributed by atoms with van der Waals surface area (Å²) >= 11 is 7.16. The van der Waals surface area contributed by atoms with Gasteiger partial charge in [0.1, 0.15) is 0 Å². The maximum atomic E-state index is 11.1. The predicted molar refractivity (Wildman–Crippen MR) is 48.7 cm³/mol. The highest BCUT2D eigenvalue weighted by Crippen LogP contribution is 2.27. The molecule has 1 aromatic heterocycles. The number of rotatable bonds is 2. The standard InChI is InChI=1S/C8H9ClOS/c1-3-6(10)7-4-5(2)8(9)11-7/h4H,3H2,1-2H3. The van der Waals surface area contributed by atoms with Crippen molar-refractivity contribution in [3.8, 4) is 0 Å². The molecule has 1 rings (SSSR count). The number of ketones is 1. The van der Waals surface area contributed by atoms with Crippen LogP contribution in [0, 0.1) is 6.92 Å². The Bertz CT molecular complexity index is 258. The van der Waals surface area contributed by atoms with Gasteiger partial charge < -0.3 is 0 Å². The van der Waals surface area contributed by atoms with E-state index < -0.39 is 0 Å². The second kappa shape index (κ2) is 3.37. The Morgan fingerprint density at radius 1 is 1.73 bits per heavy atom. The third-order valence-electron chi connectivity index (χ3n) is 1.45. The summed E-state index contributed by atoms with van der Waals surface area (Å²) < 4.78 is 0.724. The first-order chi connectivity index (χ1) is 5.15. The molecule has 0 aliphatic heterocycles. The number of carbonyl (C=O) groups is 1. The molecular formula is C8H9ClOS. The van der Waals surface area contributed by atoms with E-state index in [1.807, 2.05) is 19.9 Å². The molecule has 0 aliphatic carbocycles. The van der Waals surface area contributed by atoms with E-state index in [4.69, 9.17) is 11.6 Å². The highest BCUT2D eigenvalue weighted by Gasteiger charge is 2.08. The second-order valence-corrected chi connectivity index (χ2v) is 4.00. The summed E-state index contributed by atoms with van der Waals surface area (Å²) in [6, 6.07) is 1.85. The number of thiophene rings is 1. The third kappa shape index (κ3) is 1.82. The van der Waals surface area contributed by atoms with Crippen LogP contribution in [-0.4, -0.2) is 5.78 Å². The molecule has 3 heteroatoms. The van der Waals surface area contributed by atoms with Gasteiger partial charge >= 0.3 is 0 Å². The Balaban J connectivity index is 2.97. The predicted octanol–water partition coefficient (Wildman–Crippen LogP) is 3.30. The van der Waals surface area contributed by atoms with Crippen molar-refractivity contribution in [2.75, 3.05) is 0 Å². The van der Waals surface area contributed by atoms with Crippen molar-refractivity contribution in [1.29, 1.82) is 0 Å². The number of hydrogen-bond donors (Lipinski definition) is 0. The number of halogens is 1. The fourth-order valence-corrected chi connectivity index (χ4v) is 1.98. The molecular weight excluding hydrogens is 180 g/mol. The van der Waals surface area contributed by atoms with Crippen LogP contribution in [0.15, 0.2) is 6.07 Å². The van der Waals surface area contributed by atoms with Gasteiger partial charge in [-0.15, -0.1) is 11.3 Å². The molecule has 0 aliphatic rings. The zero-order valence-electron chi connectivity index (χ0n) is 6.48. The van der Waals surface area contributed by atoms with Crippen LogP contribution in [0.3, 0.4) is 0 Å². The highest BCUT2D eigenvalue weighted by molar-refractivity contribution is 7.18. The highest BCUT2D eigenvalue weighted by atomic mass is 35.5. The number of Topliss-reactive ketones (excluding diaryl/α,β-unsaturated/α-hetero) is 1. The van der Waals surface area contributed by atoms with Gasteiger partial charge in [0.05, 0.1) is 9.21 Å². The van der Waals surface area contributed by atoms with E-state index in [9.17, 15) is 4.79 Å². The lowest BCUT2D eigenvalue weighted by atomic mass is 10.2. The summed E-state index contributed by atoms with van der Waals surface area (Å²) in [6.45, 7) is 3.76. The lowest BCUT2D eigenvalue weighted by Crippen LogP contribution is -1.90. The smallest absolute Gasteiger partial charge is 0.172 e. The fraction of sp³-hybridized carbons (Fsp3) is 0.375. The van der Waals surface area contributed by atoms with Crippen LogP contribution in [0.1, 0.15) is 28.6 Å². The van der Waals surface area contributed by atoms with E-state index in [0.29, 0.717) is 6.42 Å². The van der Waals surface area contributed by atoms with Gasteiger partial charge in [-0.1, -0.05) is 18.5 Å². The quantitative estimate of drug-likeness (QED) is 0.651. The molecule has 1 heterocycles. The van der Waals surface area contributed by atoms with Crippen LogP contribution in [0.5, 0.6) is 0 Å². The molecule has 60 valence electrons. The average Bonchev–Trinajstić information content (AvgIpc) is 2.31. The first-order valence-electron chi connectivity index (χ1n) is 3.44. The molecule has 0 amide bonds. The number of carbonyl (C=O) groups excluding carboxylic acids is 1. The maximum absolute atomic E-state index is 11.1. The van der Waals surface area contributed by atoms with Gasteiger partial charge in [0.15, 0.2) is 5.78 Å². The van der Waals surface area contributed by atoms with Crippen LogP contribution in [-0.2, 0) is 0 Å². The van der Waals surface area contributed by atoms with Gasteiger partial charge in [-0.2, -0.15) is 0 Å². The lowest BCUT2D eigenvalue weighted by molar-refractivity contribution is 0.0992. The van der Waals surface area contributed by atoms with Crippen molar-refractivity contribution in [1.82, 2.24) is 0 Å². The minimum absolute atomic E-state index is 0.171. The Morgan fingerprint density at radius 3 is 2.73 bits per heavy atom. The van der Waals surface area contributed by atoms with E-state index in [-0.39, 0.29) is 5.78 Å². The van der Waals surface area contributed by atoms with Gasteiger partial charge in [0, 0.05) is 6.42 Å². The van der Waals surface area contributed by atoms with Crippen LogP contribution in [0.2, 0.25) is 4.34 Å². The molecule has 0 bridgehead atoms. The van der Waals surface area contributed by atoms with Crippen LogP contribution >= 0.6 is 22.9 Å². The molecule has 0 radical (unpaired) electrons. The summed E-state index contributed by atoms with van der Waals surface area (Å²) in [5.74, 6) is 0.171. The molecule has 0 N–H and O–H groups in total. The minimum Gasteiger partial charge on any atom is -0.293 e. The Hall–Kier alpha value is -0.340. The van der Waals surface area contributed by atoms with E-state index in [1.165, 1.54) is 11.3 Å². The van der Waals surface area contributed by atoms with Crippen molar-refractivity contribution >= 4 is 28.7 Å². The lowest BCUT2D eigenvalue weighted by Gasteiger charge is -1.87. The summed E-state index contributed by atoms with van der Waals surface area (Å²) in [7, 11) is 0. The molecule has 0 spiro atoms. The van der Waals surface area contributed by atoms with Crippen molar-refractivity contribution in [2.24, 2.45) is 0 Å². The zero-order valence-corrected chi connectivity index (χ0v) is 8.05. The molecule has 0 atom stereocenters. The first kappa shape index (κ1) is 8.75. The molecule has 11 heavy (non-hydrogen) atoms. The Kier molecular flexibility index (Phi) is 2.68. The summed E-state index contributed by atoms with van der Waals surface area (Å²) in [6.07, 6.45) is 0.552. The van der Waals surface area contributed by atoms with Crippen molar-refractivity contribution in [3.05, 3.63) is 20.8 Å². The Labute approximate surface area is 75.0 Å². The Morgan fingerprint density at radius 2 is 2.36 bits per heavy atom. The monoisotopic (exact) mass is 188 g/mol. The minimum atomic E-state index is 0.171. The van der Waals surface area contributed by atoms with Gasteiger partial charge in [-0.3, -0.25) is 4.79 Å². The van der Waals surface area contributed by atoms with Crippen molar-refractivity contribution in [3.63, 3.8) is 0 Å². The maximum Gasteiger partial charge on any atom is 0.172 e. The molecule has 0 saturated heterocycles. The van der Waals surface area contributed by atoms with Crippen LogP contribution in [0.4, 0.5) is 0 Å². The number of aryl methyl sites for hydroxylation is 1. The molecule has 0 saturated carbocycles. The van der Waals surface area contributed by atoms with Crippen molar-refractivity contribution < 1.29 is 4.79 Å². The third-order valence-corrected chi connectivity index (χ3v) is 3.05. The topological polar surface area (TPSA) is 17.1 Å². The molecule has 1 aromatic rings. The molecule has 0 aromatic carbocycles. The molecule has 0 fully saturated rings. The van der Waals surface area contributed by atoms with E-state index >= 15 is 0 Å². The van der Waals surface area contributed by atoms with Crippen LogP contribution in [0.25, 0.3) is 0 Å². The molecule has 1 nitrogen and oxygen atoms in total. The van der Waals surface area contributed by atoms with Gasteiger partial charge in [-0.05, 0) is 18.6 Å². The van der Waals surface area contributed by atoms with Crippen LogP contribution < -0.4 is 0 Å². The van der Waals surface area contributed by atoms with Gasteiger partial charge in [0.2, 0.25) is 0 Å². The summed E-state index contributed by atoms with van der Waals surface area (Å²) in [5, 5.41) is 0. The summed E-state index contributed by atoms with van der Waals surface area (Å²) in [4.78, 5) is 11.9. The molecule has 0 unspecified atom stereocenters. The first-order valence-corrected chi connectivity index (χ1v) is 4.63. The average molecular weight is 189 g/mol. The summed E-state index contributed by atoms with van der Waals surface area (Å²) in [5.41, 5.74) is 0.994. The van der Waals surface area contributed by atoms with E-state index in [1.54, 1.807) is 0 Å². The zero-order chi connectivity index (χ0) is 8.43. The van der Waals surface area contributed by atoms with Gasteiger partial charge in [-0.25, -0.2) is 0 Å². The largest absolute Gasteiger partial charge is 0.293 e. The van der Waals surface area contributed by atoms with E-state index in [2.05, 4.69) is 0 Å². The normalized spacial score (nSPS) is 10.1.